The van der Waals surface area contributed by atoms with Crippen LogP contribution in [0.2, 0.25) is 0 Å². The average Bonchev–Trinajstić information content (AvgIpc) is 3.10. The molecular weight excluding hydrogens is 450 g/mol. The van der Waals surface area contributed by atoms with Crippen molar-refractivity contribution < 1.29 is 29.7 Å². The normalized spacial score (nSPS) is 23.2. The first-order valence-electron chi connectivity index (χ1n) is 11.1. The zero-order valence-electron chi connectivity index (χ0n) is 18.7. The summed E-state index contributed by atoms with van der Waals surface area (Å²) in [5.74, 6) is 0. The predicted octanol–water partition coefficient (Wildman–Crippen LogP) is 0.743. The number of nitrogens with zero attached hydrogens (tertiary/aromatic N) is 2. The van der Waals surface area contributed by atoms with Crippen molar-refractivity contribution in [3.8, 4) is 0 Å². The number of ether oxygens (including phenoxy) is 2. The lowest BCUT2D eigenvalue weighted by Gasteiger charge is -2.22. The van der Waals surface area contributed by atoms with Gasteiger partial charge < -0.3 is 24.8 Å². The van der Waals surface area contributed by atoms with Gasteiger partial charge in [0.15, 0.2) is 6.23 Å². The summed E-state index contributed by atoms with van der Waals surface area (Å²) >= 11 is 0. The smallest absolute Gasteiger partial charge is 0.330 e. The minimum Gasteiger partial charge on any atom is -0.394 e. The van der Waals surface area contributed by atoms with E-state index in [0.29, 0.717) is 12.2 Å². The number of H-pyrrole nitrogens is 1. The zero-order valence-corrected chi connectivity index (χ0v) is 18.7. The molecule has 0 saturated carbocycles. The number of unbranched alkanes of at least 4 members (excludes halogenated alkanes) is 3. The molecule has 1 fully saturated rings. The van der Waals surface area contributed by atoms with Crippen LogP contribution < -0.4 is 11.2 Å². The number of aromatic nitrogens is 2. The van der Waals surface area contributed by atoms with Crippen molar-refractivity contribution in [3.05, 3.63) is 72.5 Å². The molecule has 0 amide bonds. The molecule has 4 N–H and O–H groups in total. The second-order valence-corrected chi connectivity index (χ2v) is 8.14. The van der Waals surface area contributed by atoms with Crippen LogP contribution in [0, 0.1) is 10.1 Å². The van der Waals surface area contributed by atoms with Crippen molar-refractivity contribution in [1.29, 1.82) is 0 Å². The first-order chi connectivity index (χ1) is 16.3. The summed E-state index contributed by atoms with van der Waals surface area (Å²) in [6.45, 7) is 1.79. The number of nitro benzene ring substituents is 1. The molecule has 2 heterocycles. The van der Waals surface area contributed by atoms with Gasteiger partial charge in [0.25, 0.3) is 11.2 Å². The molecule has 34 heavy (non-hydrogen) atoms. The molecule has 0 unspecified atom stereocenters. The standard InChI is InChI=1S/C22H29N3O9/c1-2-3-4-5-10-33-19(13-6-8-14(9-7-13)25(31)32)15-11-24(22(30)23-20(15)29)21-18(28)17(27)16(12-26)34-21/h6-9,11,16-19,21,26-28H,2-5,10,12H2,1H3,(H,23,29,30)/t16-,17-,18-,19+,21-/m1/s1. The Labute approximate surface area is 194 Å². The third-order valence-electron chi connectivity index (χ3n) is 5.76. The Balaban J connectivity index is 1.99. The molecule has 0 aliphatic carbocycles. The van der Waals surface area contributed by atoms with Gasteiger partial charge in [-0.05, 0) is 24.1 Å². The highest BCUT2D eigenvalue weighted by Gasteiger charge is 2.44. The highest BCUT2D eigenvalue weighted by molar-refractivity contribution is 5.36. The molecule has 1 saturated heterocycles. The monoisotopic (exact) mass is 479 g/mol. The number of rotatable bonds is 11. The molecule has 1 aromatic carbocycles. The van der Waals surface area contributed by atoms with Gasteiger partial charge in [0.1, 0.15) is 24.4 Å². The van der Waals surface area contributed by atoms with Crippen LogP contribution in [-0.2, 0) is 9.47 Å². The molecule has 1 aromatic heterocycles. The summed E-state index contributed by atoms with van der Waals surface area (Å²) in [6.07, 6.45) is -1.51. The summed E-state index contributed by atoms with van der Waals surface area (Å²) in [6, 6.07) is 5.52. The van der Waals surface area contributed by atoms with Crippen LogP contribution in [-0.4, -0.2) is 61.3 Å². The first kappa shape index (κ1) is 25.7. The Morgan fingerprint density at radius 1 is 1.18 bits per heavy atom. The molecule has 1 aliphatic rings. The fourth-order valence-electron chi connectivity index (χ4n) is 3.85. The van der Waals surface area contributed by atoms with Crippen LogP contribution in [0.15, 0.2) is 40.1 Å². The Morgan fingerprint density at radius 3 is 2.47 bits per heavy atom. The van der Waals surface area contributed by atoms with Gasteiger partial charge in [0.05, 0.1) is 17.1 Å². The van der Waals surface area contributed by atoms with E-state index in [2.05, 4.69) is 11.9 Å². The van der Waals surface area contributed by atoms with Gasteiger partial charge in [-0.15, -0.1) is 0 Å². The van der Waals surface area contributed by atoms with Crippen LogP contribution >= 0.6 is 0 Å². The maximum Gasteiger partial charge on any atom is 0.330 e. The van der Waals surface area contributed by atoms with Crippen molar-refractivity contribution in [3.63, 3.8) is 0 Å². The second kappa shape index (κ2) is 11.5. The summed E-state index contributed by atoms with van der Waals surface area (Å²) in [5, 5.41) is 40.7. The van der Waals surface area contributed by atoms with Crippen LogP contribution in [0.3, 0.4) is 0 Å². The molecule has 3 rings (SSSR count). The molecule has 12 nitrogen and oxygen atoms in total. The van der Waals surface area contributed by atoms with Crippen molar-refractivity contribution >= 4 is 5.69 Å². The van der Waals surface area contributed by atoms with E-state index >= 15 is 0 Å². The Hall–Kier alpha value is -2.90. The fraction of sp³-hybridized carbons (Fsp3) is 0.545. The minimum atomic E-state index is -1.53. The van der Waals surface area contributed by atoms with Gasteiger partial charge in [-0.3, -0.25) is 24.5 Å². The lowest BCUT2D eigenvalue weighted by Crippen LogP contribution is -2.39. The van der Waals surface area contributed by atoms with E-state index in [9.17, 15) is 35.0 Å². The summed E-state index contributed by atoms with van der Waals surface area (Å²) < 4.78 is 12.3. The molecule has 0 spiro atoms. The van der Waals surface area contributed by atoms with E-state index in [1.807, 2.05) is 0 Å². The van der Waals surface area contributed by atoms with Crippen LogP contribution in [0.5, 0.6) is 0 Å². The van der Waals surface area contributed by atoms with E-state index in [4.69, 9.17) is 9.47 Å². The second-order valence-electron chi connectivity index (χ2n) is 8.14. The molecule has 1 aliphatic heterocycles. The first-order valence-corrected chi connectivity index (χ1v) is 11.1. The van der Waals surface area contributed by atoms with E-state index in [0.717, 1.165) is 30.3 Å². The van der Waals surface area contributed by atoms with Crippen molar-refractivity contribution in [2.75, 3.05) is 13.2 Å². The van der Waals surface area contributed by atoms with Gasteiger partial charge in [-0.25, -0.2) is 4.79 Å². The number of aromatic amines is 1. The molecular formula is C22H29N3O9. The largest absolute Gasteiger partial charge is 0.394 e. The number of hydrogen-bond acceptors (Lipinski definition) is 9. The fourth-order valence-corrected chi connectivity index (χ4v) is 3.85. The lowest BCUT2D eigenvalue weighted by molar-refractivity contribution is -0.384. The van der Waals surface area contributed by atoms with E-state index in [-0.39, 0.29) is 11.3 Å². The summed E-state index contributed by atoms with van der Waals surface area (Å²) in [5.41, 5.74) is -1.27. The third-order valence-corrected chi connectivity index (χ3v) is 5.76. The average molecular weight is 479 g/mol. The highest BCUT2D eigenvalue weighted by Crippen LogP contribution is 2.30. The quantitative estimate of drug-likeness (QED) is 0.206. The van der Waals surface area contributed by atoms with Gasteiger partial charge in [0.2, 0.25) is 0 Å². The maximum absolute atomic E-state index is 12.7. The topological polar surface area (TPSA) is 177 Å². The SMILES string of the molecule is CCCCCCO[C@@H](c1ccc([N+](=O)[O-])cc1)c1cn([C@@H]2O[C@H](CO)[C@@H](O)[C@H]2O)c(=O)[nH]c1=O. The van der Waals surface area contributed by atoms with Gasteiger partial charge in [-0.2, -0.15) is 0 Å². The van der Waals surface area contributed by atoms with E-state index in [1.54, 1.807) is 0 Å². The van der Waals surface area contributed by atoms with E-state index in [1.165, 1.54) is 30.5 Å². The van der Waals surface area contributed by atoms with Crippen LogP contribution in [0.25, 0.3) is 0 Å². The summed E-state index contributed by atoms with van der Waals surface area (Å²) in [4.78, 5) is 37.9. The van der Waals surface area contributed by atoms with Crippen LogP contribution in [0.1, 0.15) is 56.1 Å². The number of hydrogen-bond donors (Lipinski definition) is 4. The minimum absolute atomic E-state index is 0.0154. The number of aliphatic hydroxyl groups is 3. The molecule has 0 radical (unpaired) electrons. The van der Waals surface area contributed by atoms with Gasteiger partial charge in [0, 0.05) is 24.9 Å². The molecule has 0 bridgehead atoms. The Morgan fingerprint density at radius 2 is 1.88 bits per heavy atom. The van der Waals surface area contributed by atoms with Crippen molar-refractivity contribution in [1.82, 2.24) is 9.55 Å². The zero-order chi connectivity index (χ0) is 24.8. The Bertz CT molecular complexity index is 1080. The van der Waals surface area contributed by atoms with E-state index < -0.39 is 53.4 Å². The van der Waals surface area contributed by atoms with Crippen molar-refractivity contribution in [2.24, 2.45) is 0 Å². The summed E-state index contributed by atoms with van der Waals surface area (Å²) in [7, 11) is 0. The number of benzene rings is 1. The lowest BCUT2D eigenvalue weighted by atomic mass is 10.0. The van der Waals surface area contributed by atoms with Crippen molar-refractivity contribution in [2.45, 2.75) is 63.3 Å². The Kier molecular flexibility index (Phi) is 8.69. The highest BCUT2D eigenvalue weighted by atomic mass is 16.6. The number of nitrogens with one attached hydrogen (secondary N) is 1. The van der Waals surface area contributed by atoms with Gasteiger partial charge >= 0.3 is 5.69 Å². The van der Waals surface area contributed by atoms with Gasteiger partial charge in [-0.1, -0.05) is 26.2 Å². The molecule has 186 valence electrons. The maximum atomic E-state index is 12.7. The predicted molar refractivity (Wildman–Crippen MR) is 119 cm³/mol. The number of non-ortho nitro benzene ring substituents is 1. The third kappa shape index (κ3) is 5.59. The number of aliphatic hydroxyl groups excluding tert-OH is 3. The van der Waals surface area contributed by atoms with Crippen LogP contribution in [0.4, 0.5) is 5.69 Å². The molecule has 5 atom stereocenters. The number of nitro groups is 1. The molecule has 2 aromatic rings. The molecule has 12 heteroatoms.